The highest BCUT2D eigenvalue weighted by Gasteiger charge is 2.31. The minimum atomic E-state index is -3.57. The number of hydrogen-bond acceptors (Lipinski definition) is 4. The molecule has 0 spiro atoms. The third-order valence-electron chi connectivity index (χ3n) is 7.66. The van der Waals surface area contributed by atoms with Crippen molar-refractivity contribution in [2.75, 3.05) is 17.1 Å². The van der Waals surface area contributed by atoms with Gasteiger partial charge >= 0.3 is 0 Å². The van der Waals surface area contributed by atoms with Crippen molar-refractivity contribution < 1.29 is 18.0 Å². The van der Waals surface area contributed by atoms with Gasteiger partial charge in [0.25, 0.3) is 0 Å². The number of carbonyl (C=O) groups is 2. The monoisotopic (exact) mass is 609 g/mol. The molecule has 0 aliphatic heterocycles. The first-order valence-corrected chi connectivity index (χ1v) is 16.6. The normalized spacial score (nSPS) is 14.9. The average Bonchev–Trinajstić information content (AvgIpc) is 2.89. The van der Waals surface area contributed by atoms with Crippen LogP contribution in [0.15, 0.2) is 36.4 Å². The van der Waals surface area contributed by atoms with Gasteiger partial charge in [-0.15, -0.1) is 0 Å². The Morgan fingerprint density at radius 3 is 2.25 bits per heavy atom. The van der Waals surface area contributed by atoms with E-state index in [1.807, 2.05) is 32.9 Å². The number of aryl methyl sites for hydroxylation is 2. The molecule has 2 amide bonds. The van der Waals surface area contributed by atoms with Crippen molar-refractivity contribution in [2.45, 2.75) is 90.8 Å². The summed E-state index contributed by atoms with van der Waals surface area (Å²) in [4.78, 5) is 28.7. The number of halogens is 2. The van der Waals surface area contributed by atoms with Crippen LogP contribution >= 0.6 is 23.2 Å². The number of amides is 2. The zero-order chi connectivity index (χ0) is 29.4. The van der Waals surface area contributed by atoms with Gasteiger partial charge < -0.3 is 10.2 Å². The highest BCUT2D eigenvalue weighted by molar-refractivity contribution is 7.92. The van der Waals surface area contributed by atoms with Crippen molar-refractivity contribution in [3.8, 4) is 0 Å². The molecule has 7 nitrogen and oxygen atoms in total. The first kappa shape index (κ1) is 32.2. The van der Waals surface area contributed by atoms with Crippen LogP contribution in [0.4, 0.5) is 5.69 Å². The summed E-state index contributed by atoms with van der Waals surface area (Å²) in [5.74, 6) is -0.436. The molecule has 2 aromatic carbocycles. The largest absolute Gasteiger partial charge is 0.352 e. The molecular weight excluding hydrogens is 569 g/mol. The van der Waals surface area contributed by atoms with E-state index in [4.69, 9.17) is 23.2 Å². The van der Waals surface area contributed by atoms with Gasteiger partial charge in [-0.1, -0.05) is 61.5 Å². The summed E-state index contributed by atoms with van der Waals surface area (Å²) in [6.45, 7) is 6.01. The smallest absolute Gasteiger partial charge is 0.243 e. The Morgan fingerprint density at radius 2 is 1.68 bits per heavy atom. The molecule has 0 radical (unpaired) electrons. The first-order chi connectivity index (χ1) is 18.9. The maximum absolute atomic E-state index is 13.7. The lowest BCUT2D eigenvalue weighted by atomic mass is 9.95. The van der Waals surface area contributed by atoms with Gasteiger partial charge in [-0.05, 0) is 74.9 Å². The van der Waals surface area contributed by atoms with E-state index in [2.05, 4.69) is 5.32 Å². The first-order valence-electron chi connectivity index (χ1n) is 14.0. The molecule has 0 unspecified atom stereocenters. The molecule has 10 heteroatoms. The second kappa shape index (κ2) is 14.6. The van der Waals surface area contributed by atoms with E-state index >= 15 is 0 Å². The molecule has 0 saturated heterocycles. The number of nitrogens with one attached hydrogen (secondary N) is 1. The number of carbonyl (C=O) groups excluding carboxylic acids is 2. The summed E-state index contributed by atoms with van der Waals surface area (Å²) in [6, 6.07) is 10.1. The van der Waals surface area contributed by atoms with Crippen molar-refractivity contribution >= 4 is 50.7 Å². The molecule has 1 N–H and O–H groups in total. The van der Waals surface area contributed by atoms with Gasteiger partial charge in [0.2, 0.25) is 21.8 Å². The van der Waals surface area contributed by atoms with Crippen LogP contribution in [0.2, 0.25) is 10.0 Å². The maximum atomic E-state index is 13.7. The van der Waals surface area contributed by atoms with Crippen molar-refractivity contribution in [3.05, 3.63) is 63.1 Å². The van der Waals surface area contributed by atoms with E-state index in [1.165, 1.54) is 17.0 Å². The lowest BCUT2D eigenvalue weighted by Gasteiger charge is -2.33. The van der Waals surface area contributed by atoms with E-state index in [-0.39, 0.29) is 43.8 Å². The van der Waals surface area contributed by atoms with Crippen LogP contribution in [0, 0.1) is 13.8 Å². The Morgan fingerprint density at radius 1 is 1.02 bits per heavy atom. The fourth-order valence-corrected chi connectivity index (χ4v) is 6.68. The van der Waals surface area contributed by atoms with E-state index in [0.717, 1.165) is 36.8 Å². The quantitative estimate of drug-likeness (QED) is 0.301. The molecule has 1 atom stereocenters. The van der Waals surface area contributed by atoms with E-state index in [9.17, 15) is 18.0 Å². The Labute approximate surface area is 249 Å². The molecule has 0 aromatic heterocycles. The minimum Gasteiger partial charge on any atom is -0.352 e. The van der Waals surface area contributed by atoms with Crippen LogP contribution in [0.5, 0.6) is 0 Å². The van der Waals surface area contributed by atoms with Crippen molar-refractivity contribution in [1.29, 1.82) is 0 Å². The number of sulfonamides is 1. The lowest BCUT2D eigenvalue weighted by Crippen LogP contribution is -2.51. The van der Waals surface area contributed by atoms with Gasteiger partial charge in [-0.25, -0.2) is 8.42 Å². The molecule has 0 heterocycles. The number of nitrogens with zero attached hydrogens (tertiary/aromatic N) is 2. The molecule has 3 rings (SSSR count). The Kier molecular flexibility index (Phi) is 11.7. The fraction of sp³-hybridized carbons (Fsp3) is 0.533. The van der Waals surface area contributed by atoms with Crippen LogP contribution in [-0.2, 0) is 26.2 Å². The average molecular weight is 611 g/mol. The van der Waals surface area contributed by atoms with Gasteiger partial charge in [0.15, 0.2) is 0 Å². The molecule has 1 aliphatic rings. The van der Waals surface area contributed by atoms with Crippen LogP contribution in [0.1, 0.15) is 75.0 Å². The van der Waals surface area contributed by atoms with Crippen molar-refractivity contribution in [3.63, 3.8) is 0 Å². The predicted octanol–water partition coefficient (Wildman–Crippen LogP) is 6.41. The van der Waals surface area contributed by atoms with Gasteiger partial charge in [0.05, 0.1) is 11.9 Å². The molecular formula is C30H41Cl2N3O4S. The summed E-state index contributed by atoms with van der Waals surface area (Å²) in [7, 11) is -3.57. The summed E-state index contributed by atoms with van der Waals surface area (Å²) in [6.07, 6.45) is 7.14. The number of benzene rings is 2. The van der Waals surface area contributed by atoms with E-state index in [1.54, 1.807) is 29.2 Å². The van der Waals surface area contributed by atoms with Crippen LogP contribution in [0.25, 0.3) is 0 Å². The van der Waals surface area contributed by atoms with E-state index in [0.29, 0.717) is 27.7 Å². The molecule has 0 bridgehead atoms. The zero-order valence-electron chi connectivity index (χ0n) is 23.9. The maximum Gasteiger partial charge on any atom is 0.243 e. The Hall–Kier alpha value is -2.29. The summed E-state index contributed by atoms with van der Waals surface area (Å²) in [5, 5.41) is 4.00. The zero-order valence-corrected chi connectivity index (χ0v) is 26.2. The molecule has 1 aliphatic carbocycles. The summed E-state index contributed by atoms with van der Waals surface area (Å²) in [5.41, 5.74) is 3.20. The van der Waals surface area contributed by atoms with E-state index < -0.39 is 16.1 Å². The Balaban J connectivity index is 1.81. The van der Waals surface area contributed by atoms with Crippen LogP contribution in [0.3, 0.4) is 0 Å². The van der Waals surface area contributed by atoms with Crippen molar-refractivity contribution in [2.24, 2.45) is 0 Å². The van der Waals surface area contributed by atoms with Gasteiger partial charge in [-0.2, -0.15) is 0 Å². The fourth-order valence-electron chi connectivity index (χ4n) is 5.20. The van der Waals surface area contributed by atoms with Crippen LogP contribution in [-0.4, -0.2) is 50.0 Å². The topological polar surface area (TPSA) is 86.8 Å². The number of anilines is 1. The van der Waals surface area contributed by atoms with Gasteiger partial charge in [0.1, 0.15) is 6.04 Å². The third kappa shape index (κ3) is 8.60. The highest BCUT2D eigenvalue weighted by atomic mass is 35.5. The molecule has 220 valence electrons. The standard InChI is InChI=1S/C30H41Cl2N3O4S/c1-5-28(30(37)33-23-11-7-6-8-12-23)34(20-25-26(31)13-9-14-27(25)32)29(36)15-10-18-35(40(4,38)39)24-17-16-21(2)22(3)19-24/h9,13-14,16-17,19,23,28H,5-8,10-12,15,18,20H2,1-4H3,(H,33,37)/t28-/m0/s1. The highest BCUT2D eigenvalue weighted by Crippen LogP contribution is 2.28. The third-order valence-corrected chi connectivity index (χ3v) is 9.56. The van der Waals surface area contributed by atoms with Gasteiger partial charge in [-0.3, -0.25) is 13.9 Å². The molecule has 1 fully saturated rings. The number of hydrogen-bond donors (Lipinski definition) is 1. The molecule has 2 aromatic rings. The minimum absolute atomic E-state index is 0.0617. The Bertz CT molecular complexity index is 1280. The lowest BCUT2D eigenvalue weighted by molar-refractivity contribution is -0.141. The summed E-state index contributed by atoms with van der Waals surface area (Å²) < 4.78 is 26.6. The summed E-state index contributed by atoms with van der Waals surface area (Å²) >= 11 is 12.9. The molecule has 40 heavy (non-hydrogen) atoms. The second-order valence-corrected chi connectivity index (χ2v) is 13.4. The number of rotatable bonds is 12. The van der Waals surface area contributed by atoms with Crippen LogP contribution < -0.4 is 9.62 Å². The SMILES string of the molecule is CC[C@@H](C(=O)NC1CCCCC1)N(Cc1c(Cl)cccc1Cl)C(=O)CCCN(c1ccc(C)c(C)c1)S(C)(=O)=O. The molecule has 1 saturated carbocycles. The van der Waals surface area contributed by atoms with Crippen molar-refractivity contribution in [1.82, 2.24) is 10.2 Å². The predicted molar refractivity (Wildman–Crippen MR) is 163 cm³/mol. The van der Waals surface area contributed by atoms with Gasteiger partial charge in [0, 0.05) is 41.2 Å². The second-order valence-electron chi connectivity index (χ2n) is 10.7.